The predicted molar refractivity (Wildman–Crippen MR) is 120 cm³/mol. The molecule has 6 heteroatoms. The van der Waals surface area contributed by atoms with E-state index in [4.69, 9.17) is 4.98 Å². The highest BCUT2D eigenvalue weighted by molar-refractivity contribution is 5.81. The molecular formula is C25H19N6+. The number of aromatic amines is 3. The van der Waals surface area contributed by atoms with Gasteiger partial charge in [0.15, 0.2) is 12.0 Å². The maximum Gasteiger partial charge on any atom is 0.246 e. The molecular weight excluding hydrogens is 384 g/mol. The van der Waals surface area contributed by atoms with Crippen LogP contribution >= 0.6 is 0 Å². The Kier molecular flexibility index (Phi) is 4.06. The van der Waals surface area contributed by atoms with E-state index in [1.54, 1.807) is 6.20 Å². The van der Waals surface area contributed by atoms with Crippen molar-refractivity contribution in [3.63, 3.8) is 0 Å². The standard InChI is InChI=1S/C25H18N6/c1-3-11-26-20(5-1)24-28-18-9-7-16(14-22(18)30-24)13-17-8-10-19-23(15-17)31-25(29-19)21-6-2-4-12-27-21/h1-12,14-15H,13H2,(H,28,30)(H,29,31)/p+1. The van der Waals surface area contributed by atoms with E-state index >= 15 is 0 Å². The van der Waals surface area contributed by atoms with Gasteiger partial charge in [0.2, 0.25) is 11.5 Å². The first kappa shape index (κ1) is 17.5. The quantitative estimate of drug-likeness (QED) is 0.452. The number of fused-ring (bicyclic) bond motifs is 2. The average molecular weight is 403 g/mol. The van der Waals surface area contributed by atoms with Crippen LogP contribution in [0.1, 0.15) is 11.1 Å². The molecule has 0 bridgehead atoms. The maximum atomic E-state index is 4.70. The highest BCUT2D eigenvalue weighted by atomic mass is 15.0. The number of benzene rings is 2. The third-order valence-electron chi connectivity index (χ3n) is 5.37. The van der Waals surface area contributed by atoms with Gasteiger partial charge in [-0.25, -0.2) is 15.0 Å². The van der Waals surface area contributed by atoms with E-state index in [0.717, 1.165) is 51.5 Å². The third-order valence-corrected chi connectivity index (χ3v) is 5.37. The van der Waals surface area contributed by atoms with Gasteiger partial charge in [-0.15, -0.1) is 0 Å². The summed E-state index contributed by atoms with van der Waals surface area (Å²) in [6, 6.07) is 24.5. The number of rotatable bonds is 4. The van der Waals surface area contributed by atoms with E-state index in [2.05, 4.69) is 61.3 Å². The van der Waals surface area contributed by atoms with E-state index in [9.17, 15) is 0 Å². The van der Waals surface area contributed by atoms with E-state index in [0.29, 0.717) is 0 Å². The van der Waals surface area contributed by atoms with Gasteiger partial charge in [0.1, 0.15) is 5.69 Å². The Morgan fingerprint density at radius 2 is 1.42 bits per heavy atom. The molecule has 148 valence electrons. The van der Waals surface area contributed by atoms with Crippen LogP contribution in [-0.4, -0.2) is 24.9 Å². The number of H-pyrrole nitrogens is 3. The maximum absolute atomic E-state index is 4.70. The SMILES string of the molecule is c1ccc(-c2nc3ccc(Cc4ccc5nc(-c6cccc[nH+]6)[nH]c5c4)cc3[nH]2)nc1. The fourth-order valence-electron chi connectivity index (χ4n) is 3.86. The van der Waals surface area contributed by atoms with Crippen LogP contribution in [0, 0.1) is 0 Å². The minimum Gasteiger partial charge on any atom is -0.337 e. The Morgan fingerprint density at radius 3 is 2.10 bits per heavy atom. The van der Waals surface area contributed by atoms with E-state index < -0.39 is 0 Å². The lowest BCUT2D eigenvalue weighted by Gasteiger charge is -2.02. The zero-order valence-corrected chi connectivity index (χ0v) is 16.6. The molecule has 0 atom stereocenters. The number of nitrogens with zero attached hydrogens (tertiary/aromatic N) is 3. The Morgan fingerprint density at radius 1 is 0.710 bits per heavy atom. The number of pyridine rings is 2. The minimum absolute atomic E-state index is 0.789. The van der Waals surface area contributed by atoms with Crippen LogP contribution in [0.3, 0.4) is 0 Å². The summed E-state index contributed by atoms with van der Waals surface area (Å²) in [6.45, 7) is 0. The van der Waals surface area contributed by atoms with Crippen molar-refractivity contribution in [3.8, 4) is 23.0 Å². The van der Waals surface area contributed by atoms with Crippen LogP contribution in [0.2, 0.25) is 0 Å². The monoisotopic (exact) mass is 403 g/mol. The molecule has 0 fully saturated rings. The van der Waals surface area contributed by atoms with Gasteiger partial charge in [-0.1, -0.05) is 18.2 Å². The van der Waals surface area contributed by atoms with Crippen molar-refractivity contribution in [2.45, 2.75) is 6.42 Å². The van der Waals surface area contributed by atoms with Crippen molar-refractivity contribution in [1.82, 2.24) is 24.9 Å². The first-order chi connectivity index (χ1) is 15.3. The van der Waals surface area contributed by atoms with Crippen molar-refractivity contribution in [3.05, 3.63) is 96.3 Å². The topological polar surface area (TPSA) is 84.4 Å². The molecule has 0 spiro atoms. The molecule has 0 saturated carbocycles. The summed E-state index contributed by atoms with van der Waals surface area (Å²) >= 11 is 0. The minimum atomic E-state index is 0.789. The molecule has 31 heavy (non-hydrogen) atoms. The molecule has 6 nitrogen and oxygen atoms in total. The van der Waals surface area contributed by atoms with Gasteiger partial charge >= 0.3 is 0 Å². The highest BCUT2D eigenvalue weighted by Gasteiger charge is 2.11. The molecule has 0 aliphatic rings. The third kappa shape index (κ3) is 3.34. The molecule has 0 radical (unpaired) electrons. The van der Waals surface area contributed by atoms with Gasteiger partial charge in [0.25, 0.3) is 0 Å². The van der Waals surface area contributed by atoms with E-state index in [-0.39, 0.29) is 0 Å². The Labute approximate surface area is 178 Å². The number of hydrogen-bond acceptors (Lipinski definition) is 3. The average Bonchev–Trinajstić information content (AvgIpc) is 3.44. The van der Waals surface area contributed by atoms with Gasteiger partial charge in [-0.05, 0) is 60.0 Å². The molecule has 0 unspecified atom stereocenters. The first-order valence-electron chi connectivity index (χ1n) is 10.2. The fraction of sp³-hybridized carbons (Fsp3) is 0.0400. The molecule has 0 aliphatic carbocycles. The van der Waals surface area contributed by atoms with Crippen molar-refractivity contribution in [2.75, 3.05) is 0 Å². The van der Waals surface area contributed by atoms with Crippen LogP contribution in [-0.2, 0) is 6.42 Å². The number of hydrogen-bond donors (Lipinski definition) is 2. The normalized spacial score (nSPS) is 11.4. The molecule has 0 aliphatic heterocycles. The summed E-state index contributed by atoms with van der Waals surface area (Å²) < 4.78 is 0. The van der Waals surface area contributed by atoms with Crippen molar-refractivity contribution < 1.29 is 4.98 Å². The largest absolute Gasteiger partial charge is 0.337 e. The van der Waals surface area contributed by atoms with Crippen molar-refractivity contribution in [2.24, 2.45) is 0 Å². The molecule has 6 rings (SSSR count). The van der Waals surface area contributed by atoms with Crippen LogP contribution < -0.4 is 4.98 Å². The van der Waals surface area contributed by atoms with Crippen LogP contribution in [0.25, 0.3) is 45.1 Å². The van der Waals surface area contributed by atoms with E-state index in [1.165, 1.54) is 11.1 Å². The molecule has 4 heterocycles. The Bertz CT molecular complexity index is 1380. The summed E-state index contributed by atoms with van der Waals surface area (Å²) in [5.41, 5.74) is 8.21. The lowest BCUT2D eigenvalue weighted by atomic mass is 10.0. The van der Waals surface area contributed by atoms with Crippen LogP contribution in [0.15, 0.2) is 85.2 Å². The molecule has 3 N–H and O–H groups in total. The molecule has 0 amide bonds. The van der Waals surface area contributed by atoms with E-state index in [1.807, 2.05) is 42.6 Å². The smallest absolute Gasteiger partial charge is 0.246 e. The lowest BCUT2D eigenvalue weighted by molar-refractivity contribution is -0.365. The second-order valence-corrected chi connectivity index (χ2v) is 7.54. The van der Waals surface area contributed by atoms with Gasteiger partial charge in [-0.3, -0.25) is 4.98 Å². The summed E-state index contributed by atoms with van der Waals surface area (Å²) in [4.78, 5) is 23.8. The zero-order chi connectivity index (χ0) is 20.6. The second kappa shape index (κ2) is 7.18. The molecule has 2 aromatic carbocycles. The lowest BCUT2D eigenvalue weighted by Crippen LogP contribution is -2.05. The fourth-order valence-corrected chi connectivity index (χ4v) is 3.86. The molecule has 6 aromatic rings. The number of nitrogens with one attached hydrogen (secondary N) is 3. The summed E-state index contributed by atoms with van der Waals surface area (Å²) in [6.07, 6.45) is 4.51. The number of imidazole rings is 2. The summed E-state index contributed by atoms with van der Waals surface area (Å²) in [5, 5.41) is 0. The van der Waals surface area contributed by atoms with Crippen LogP contribution in [0.4, 0.5) is 0 Å². The van der Waals surface area contributed by atoms with Gasteiger partial charge < -0.3 is 9.97 Å². The second-order valence-electron chi connectivity index (χ2n) is 7.54. The Balaban J connectivity index is 1.30. The zero-order valence-electron chi connectivity index (χ0n) is 16.6. The first-order valence-corrected chi connectivity index (χ1v) is 10.2. The predicted octanol–water partition coefficient (Wildman–Crippen LogP) is 4.57. The van der Waals surface area contributed by atoms with Gasteiger partial charge in [0, 0.05) is 18.3 Å². The molecule has 4 aromatic heterocycles. The van der Waals surface area contributed by atoms with Gasteiger partial charge in [0.05, 0.1) is 22.1 Å². The summed E-state index contributed by atoms with van der Waals surface area (Å²) in [7, 11) is 0. The van der Waals surface area contributed by atoms with Gasteiger partial charge in [-0.2, -0.15) is 0 Å². The van der Waals surface area contributed by atoms with Crippen molar-refractivity contribution >= 4 is 22.1 Å². The number of aromatic nitrogens is 6. The Hall–Kier alpha value is -4.32. The van der Waals surface area contributed by atoms with Crippen LogP contribution in [0.5, 0.6) is 0 Å². The summed E-state index contributed by atoms with van der Waals surface area (Å²) in [5.74, 6) is 1.63. The van der Waals surface area contributed by atoms with Crippen molar-refractivity contribution in [1.29, 1.82) is 0 Å². The molecule has 0 saturated heterocycles. The highest BCUT2D eigenvalue weighted by Crippen LogP contribution is 2.23.